The number of phenols is 1. The van der Waals surface area contributed by atoms with Crippen LogP contribution < -0.4 is 10.6 Å². The molecule has 164 valence electrons. The number of aromatic nitrogens is 4. The second kappa shape index (κ2) is 8.19. The largest absolute Gasteiger partial charge is 0.508 e. The van der Waals surface area contributed by atoms with E-state index in [1.165, 1.54) is 12.1 Å². The molecular weight excluding hydrogens is 423 g/mol. The number of fused-ring (bicyclic) bond motifs is 1. The first-order chi connectivity index (χ1) is 16.0. The van der Waals surface area contributed by atoms with E-state index in [9.17, 15) is 14.3 Å². The maximum absolute atomic E-state index is 13.4. The molecule has 0 spiro atoms. The molecular formula is C24H19FN6O2. The lowest BCUT2D eigenvalue weighted by atomic mass is 9.95. The highest BCUT2D eigenvalue weighted by atomic mass is 19.1. The summed E-state index contributed by atoms with van der Waals surface area (Å²) in [7, 11) is 0. The molecule has 1 aliphatic heterocycles. The van der Waals surface area contributed by atoms with Gasteiger partial charge in [-0.05, 0) is 61.0 Å². The zero-order valence-corrected chi connectivity index (χ0v) is 17.5. The average molecular weight is 442 g/mol. The molecule has 2 aromatic carbocycles. The first-order valence-electron chi connectivity index (χ1n) is 10.2. The van der Waals surface area contributed by atoms with E-state index in [1.54, 1.807) is 72.4 Å². The molecule has 0 saturated heterocycles. The monoisotopic (exact) mass is 442 g/mol. The number of benzene rings is 2. The van der Waals surface area contributed by atoms with Gasteiger partial charge in [0, 0.05) is 17.5 Å². The third-order valence-corrected chi connectivity index (χ3v) is 5.31. The quantitative estimate of drug-likeness (QED) is 0.439. The maximum atomic E-state index is 13.4. The van der Waals surface area contributed by atoms with Crippen LogP contribution in [-0.4, -0.2) is 30.8 Å². The van der Waals surface area contributed by atoms with Gasteiger partial charge in [0.05, 0.1) is 5.57 Å². The number of nitrogens with zero attached hydrogens (tertiary/aromatic N) is 4. The molecule has 0 saturated carbocycles. The number of halogens is 1. The molecule has 3 N–H and O–H groups in total. The van der Waals surface area contributed by atoms with Crippen molar-refractivity contribution in [2.45, 2.75) is 13.0 Å². The third kappa shape index (κ3) is 3.91. The molecule has 5 rings (SSSR count). The van der Waals surface area contributed by atoms with E-state index in [0.717, 1.165) is 5.56 Å². The van der Waals surface area contributed by atoms with Crippen LogP contribution in [0, 0.1) is 5.82 Å². The van der Waals surface area contributed by atoms with Gasteiger partial charge in [-0.3, -0.25) is 4.79 Å². The number of hydrogen-bond acceptors (Lipinski definition) is 6. The van der Waals surface area contributed by atoms with Crippen LogP contribution in [0.15, 0.2) is 84.2 Å². The lowest BCUT2D eigenvalue weighted by molar-refractivity contribution is -0.113. The molecule has 33 heavy (non-hydrogen) atoms. The molecule has 1 atom stereocenters. The van der Waals surface area contributed by atoms with Gasteiger partial charge < -0.3 is 15.7 Å². The molecule has 2 aromatic heterocycles. The Morgan fingerprint density at radius 3 is 2.55 bits per heavy atom. The van der Waals surface area contributed by atoms with Crippen LogP contribution in [0.2, 0.25) is 0 Å². The number of carbonyl (C=O) groups excluding carboxylic acids is 1. The normalized spacial score (nSPS) is 15.0. The summed E-state index contributed by atoms with van der Waals surface area (Å²) in [6.07, 6.45) is 1.60. The fourth-order valence-electron chi connectivity index (χ4n) is 3.75. The molecule has 1 aliphatic rings. The Morgan fingerprint density at radius 2 is 1.85 bits per heavy atom. The number of carbonyl (C=O) groups is 1. The summed E-state index contributed by atoms with van der Waals surface area (Å²) >= 11 is 0. The molecule has 1 amide bonds. The predicted molar refractivity (Wildman–Crippen MR) is 121 cm³/mol. The summed E-state index contributed by atoms with van der Waals surface area (Å²) in [5, 5.41) is 20.4. The minimum atomic E-state index is -0.618. The van der Waals surface area contributed by atoms with Gasteiger partial charge in [0.1, 0.15) is 23.4 Å². The molecule has 0 bridgehead atoms. The summed E-state index contributed by atoms with van der Waals surface area (Å²) in [5.74, 6) is 0.664. The standard InChI is InChI=1S/C24H19FN6O2/c1-14-20(23(33)28-19-4-2-3-13-26-19)21(15-7-11-18(32)12-8-15)31-24(27-14)29-22(30-31)16-5-9-17(25)10-6-16/h2-13,21,32H,1H3,(H,26,28,33)(H,27,29,30). The van der Waals surface area contributed by atoms with Crippen molar-refractivity contribution in [1.29, 1.82) is 0 Å². The van der Waals surface area contributed by atoms with Crippen molar-refractivity contribution < 1.29 is 14.3 Å². The van der Waals surface area contributed by atoms with Crippen molar-refractivity contribution in [1.82, 2.24) is 19.7 Å². The molecule has 3 heterocycles. The summed E-state index contributed by atoms with van der Waals surface area (Å²) < 4.78 is 15.0. The molecule has 0 fully saturated rings. The number of pyridine rings is 1. The van der Waals surface area contributed by atoms with Crippen molar-refractivity contribution >= 4 is 17.7 Å². The van der Waals surface area contributed by atoms with Crippen LogP contribution in [0.4, 0.5) is 16.2 Å². The van der Waals surface area contributed by atoms with Crippen LogP contribution in [-0.2, 0) is 4.79 Å². The van der Waals surface area contributed by atoms with Crippen LogP contribution in [0.5, 0.6) is 5.75 Å². The molecule has 4 aromatic rings. The zero-order valence-electron chi connectivity index (χ0n) is 17.5. The number of aromatic hydroxyl groups is 1. The van der Waals surface area contributed by atoms with Crippen molar-refractivity contribution in [3.63, 3.8) is 0 Å². The summed E-state index contributed by atoms with van der Waals surface area (Å²) in [4.78, 5) is 22.1. The lowest BCUT2D eigenvalue weighted by Crippen LogP contribution is -2.31. The predicted octanol–water partition coefficient (Wildman–Crippen LogP) is 4.11. The van der Waals surface area contributed by atoms with E-state index in [4.69, 9.17) is 0 Å². The Balaban J connectivity index is 1.60. The van der Waals surface area contributed by atoms with Gasteiger partial charge in [-0.25, -0.2) is 14.1 Å². The van der Waals surface area contributed by atoms with E-state index in [2.05, 4.69) is 25.7 Å². The maximum Gasteiger partial charge on any atom is 0.257 e. The number of nitrogens with one attached hydrogen (secondary N) is 2. The van der Waals surface area contributed by atoms with Gasteiger partial charge >= 0.3 is 0 Å². The lowest BCUT2D eigenvalue weighted by Gasteiger charge is -2.28. The molecule has 0 radical (unpaired) electrons. The first-order valence-corrected chi connectivity index (χ1v) is 10.2. The first kappa shape index (κ1) is 20.4. The van der Waals surface area contributed by atoms with E-state index >= 15 is 0 Å². The van der Waals surface area contributed by atoms with Crippen molar-refractivity contribution in [2.24, 2.45) is 0 Å². The number of allylic oxidation sites excluding steroid dienone is 1. The summed E-state index contributed by atoms with van der Waals surface area (Å²) in [5.41, 5.74) is 2.40. The fraction of sp³-hybridized carbons (Fsp3) is 0.0833. The van der Waals surface area contributed by atoms with Crippen molar-refractivity contribution in [3.05, 3.63) is 95.6 Å². The molecule has 0 aliphatic carbocycles. The number of amides is 1. The van der Waals surface area contributed by atoms with Gasteiger partial charge in [0.25, 0.3) is 5.91 Å². The molecule has 8 nitrogen and oxygen atoms in total. The highest BCUT2D eigenvalue weighted by molar-refractivity contribution is 6.05. The van der Waals surface area contributed by atoms with Gasteiger partial charge in [-0.1, -0.05) is 18.2 Å². The second-order valence-corrected chi connectivity index (χ2v) is 7.54. The Bertz CT molecular complexity index is 1350. The third-order valence-electron chi connectivity index (χ3n) is 5.31. The zero-order chi connectivity index (χ0) is 22.9. The number of phenolic OH excluding ortho intramolecular Hbond substituents is 1. The second-order valence-electron chi connectivity index (χ2n) is 7.54. The van der Waals surface area contributed by atoms with Crippen LogP contribution in [0.25, 0.3) is 11.4 Å². The number of rotatable bonds is 4. The van der Waals surface area contributed by atoms with Crippen LogP contribution >= 0.6 is 0 Å². The van der Waals surface area contributed by atoms with E-state index in [-0.39, 0.29) is 17.5 Å². The minimum Gasteiger partial charge on any atom is -0.508 e. The molecule has 1 unspecified atom stereocenters. The Morgan fingerprint density at radius 1 is 1.09 bits per heavy atom. The number of hydrogen-bond donors (Lipinski definition) is 3. The highest BCUT2D eigenvalue weighted by Crippen LogP contribution is 2.37. The van der Waals surface area contributed by atoms with E-state index < -0.39 is 6.04 Å². The van der Waals surface area contributed by atoms with E-state index in [1.807, 2.05) is 0 Å². The van der Waals surface area contributed by atoms with Crippen molar-refractivity contribution in [2.75, 3.05) is 10.6 Å². The van der Waals surface area contributed by atoms with Gasteiger partial charge in [0.15, 0.2) is 5.82 Å². The smallest absolute Gasteiger partial charge is 0.257 e. The fourth-order valence-corrected chi connectivity index (χ4v) is 3.75. The van der Waals surface area contributed by atoms with E-state index in [0.29, 0.717) is 34.4 Å². The minimum absolute atomic E-state index is 0.110. The summed E-state index contributed by atoms with van der Waals surface area (Å²) in [6, 6.07) is 17.1. The van der Waals surface area contributed by atoms with Crippen LogP contribution in [0.3, 0.4) is 0 Å². The SMILES string of the molecule is CC1=C(C(=O)Nc2ccccn2)C(c2ccc(O)cc2)n2nc(-c3ccc(F)cc3)nc2N1. The Hall–Kier alpha value is -4.53. The Labute approximate surface area is 188 Å². The molecule has 9 heteroatoms. The Kier molecular flexibility index (Phi) is 5.06. The van der Waals surface area contributed by atoms with Crippen LogP contribution in [0.1, 0.15) is 18.5 Å². The van der Waals surface area contributed by atoms with Gasteiger partial charge in [-0.15, -0.1) is 5.10 Å². The van der Waals surface area contributed by atoms with Gasteiger partial charge in [0.2, 0.25) is 5.95 Å². The topological polar surface area (TPSA) is 105 Å². The average Bonchev–Trinajstić information content (AvgIpc) is 3.23. The van der Waals surface area contributed by atoms with Gasteiger partial charge in [-0.2, -0.15) is 4.98 Å². The number of anilines is 2. The highest BCUT2D eigenvalue weighted by Gasteiger charge is 2.34. The summed E-state index contributed by atoms with van der Waals surface area (Å²) in [6.45, 7) is 1.79. The van der Waals surface area contributed by atoms with Crippen molar-refractivity contribution in [3.8, 4) is 17.1 Å².